The predicted octanol–water partition coefficient (Wildman–Crippen LogP) is 0.309. The first-order chi connectivity index (χ1) is 9.93. The van der Waals surface area contributed by atoms with Crippen LogP contribution in [0.3, 0.4) is 0 Å². The summed E-state index contributed by atoms with van der Waals surface area (Å²) < 4.78 is 83.4. The maximum atomic E-state index is 11.6. The van der Waals surface area contributed by atoms with E-state index >= 15 is 0 Å². The second-order valence-corrected chi connectivity index (χ2v) is 6.89. The predicted molar refractivity (Wildman–Crippen MR) is 66.4 cm³/mol. The van der Waals surface area contributed by atoms with Crippen LogP contribution in [0.2, 0.25) is 0 Å². The van der Waals surface area contributed by atoms with Gasteiger partial charge in [-0.1, -0.05) is 0 Å². The molecular weight excluding hydrogens is 353 g/mol. The second kappa shape index (κ2) is 6.45. The average Bonchev–Trinajstić information content (AvgIpc) is 2.97. The molecule has 22 heavy (non-hydrogen) atoms. The first-order valence-electron chi connectivity index (χ1n) is 5.14. The lowest BCUT2D eigenvalue weighted by molar-refractivity contribution is -0.0510. The van der Waals surface area contributed by atoms with E-state index < -0.39 is 25.6 Å². The van der Waals surface area contributed by atoms with Gasteiger partial charge in [-0.3, -0.25) is 4.55 Å². The fourth-order valence-corrected chi connectivity index (χ4v) is 2.13. The van der Waals surface area contributed by atoms with Crippen molar-refractivity contribution in [3.05, 3.63) is 37.4 Å². The smallest absolute Gasteiger partial charge is 0.321 e. The summed E-state index contributed by atoms with van der Waals surface area (Å²) in [5.74, 6) is -0.136. The Bertz CT molecular complexity index is 781. The topological polar surface area (TPSA) is 124 Å². The summed E-state index contributed by atoms with van der Waals surface area (Å²) in [6.07, 6.45) is 8.65. The van der Waals surface area contributed by atoms with E-state index in [1.165, 1.54) is 35.8 Å². The van der Waals surface area contributed by atoms with Crippen molar-refractivity contribution in [1.82, 2.24) is 18.5 Å². The first kappa shape index (κ1) is 18.1. The molecule has 0 aliphatic rings. The van der Waals surface area contributed by atoms with E-state index in [1.54, 1.807) is 6.20 Å². The highest BCUT2D eigenvalue weighted by molar-refractivity contribution is 7.88. The summed E-state index contributed by atoms with van der Waals surface area (Å²) in [4.78, 5) is 7.44. The van der Waals surface area contributed by atoms with Gasteiger partial charge in [0.15, 0.2) is 0 Å². The lowest BCUT2D eigenvalue weighted by atomic mass is 10.9. The lowest BCUT2D eigenvalue weighted by Crippen LogP contribution is -2.21. The van der Waals surface area contributed by atoms with E-state index in [1.807, 2.05) is 0 Å². The van der Waals surface area contributed by atoms with Crippen molar-refractivity contribution >= 4 is 20.1 Å². The Morgan fingerprint density at radius 2 is 1.50 bits per heavy atom. The molecule has 14 heteroatoms. The molecule has 0 spiro atoms. The second-order valence-electron chi connectivity index (χ2n) is 3.63. The van der Waals surface area contributed by atoms with Gasteiger partial charge in [0.1, 0.15) is 12.2 Å². The van der Waals surface area contributed by atoms with Crippen LogP contribution in [0, 0.1) is 0 Å². The zero-order chi connectivity index (χ0) is 17.0. The minimum atomic E-state index is -5.84. The van der Waals surface area contributed by atoms with E-state index in [2.05, 4.69) is 9.97 Å². The normalized spacial score (nSPS) is 12.5. The molecule has 0 saturated carbocycles. The molecule has 2 heterocycles. The summed E-state index contributed by atoms with van der Waals surface area (Å²) >= 11 is 0. The van der Waals surface area contributed by atoms with Gasteiger partial charge in [0.05, 0.1) is 6.33 Å². The Morgan fingerprint density at radius 1 is 1.00 bits per heavy atom. The van der Waals surface area contributed by atoms with Crippen molar-refractivity contribution in [1.29, 1.82) is 0 Å². The Morgan fingerprint density at radius 3 is 1.86 bits per heavy atom. The molecule has 0 amide bonds. The maximum Gasteiger partial charge on any atom is 0.522 e. The minimum Gasteiger partial charge on any atom is -0.321 e. The molecule has 124 valence electrons. The molecule has 2 rings (SSSR count). The summed E-state index contributed by atoms with van der Waals surface area (Å²) in [5.41, 5.74) is -5.53. The number of imidazole rings is 2. The van der Waals surface area contributed by atoms with Gasteiger partial charge in [0, 0.05) is 24.8 Å². The molecule has 0 unspecified atom stereocenters. The molecule has 0 bridgehead atoms. The van der Waals surface area contributed by atoms with Crippen LogP contribution in [-0.4, -0.2) is 45.4 Å². The molecule has 0 aliphatic heterocycles. The molecule has 0 radical (unpaired) electrons. The molecule has 0 atom stereocenters. The number of aromatic nitrogens is 4. The number of halogens is 3. The SMILES string of the molecule is O=S(=O)(Cn1ccnc1)n1ccnc1.O=S(=O)(O)C(F)(F)F. The fraction of sp³-hybridized carbons (Fsp3) is 0.250. The molecule has 0 aromatic carbocycles. The zero-order valence-corrected chi connectivity index (χ0v) is 12.1. The van der Waals surface area contributed by atoms with Gasteiger partial charge in [0.25, 0.3) is 10.0 Å². The van der Waals surface area contributed by atoms with Crippen LogP contribution in [0.15, 0.2) is 37.4 Å². The highest BCUT2D eigenvalue weighted by Gasteiger charge is 2.44. The third-order valence-corrected chi connectivity index (χ3v) is 4.03. The van der Waals surface area contributed by atoms with Crippen LogP contribution in [0.4, 0.5) is 13.2 Å². The van der Waals surface area contributed by atoms with Crippen LogP contribution in [0.5, 0.6) is 0 Å². The highest BCUT2D eigenvalue weighted by atomic mass is 32.2. The standard InChI is InChI=1S/C7H8N4O2S.CHF3O3S/c12-14(13,11-4-2-9-6-11)7-10-3-1-8-5-10;2-1(3,4)8(5,6)7/h1-6H,7H2;(H,5,6,7). The maximum absolute atomic E-state index is 11.6. The van der Waals surface area contributed by atoms with Gasteiger partial charge in [0.2, 0.25) is 0 Å². The van der Waals surface area contributed by atoms with Crippen LogP contribution in [0.1, 0.15) is 0 Å². The summed E-state index contributed by atoms with van der Waals surface area (Å²) in [7, 11) is -9.20. The molecule has 9 nitrogen and oxygen atoms in total. The number of nitrogens with zero attached hydrogens (tertiary/aromatic N) is 4. The van der Waals surface area contributed by atoms with Gasteiger partial charge in [-0.2, -0.15) is 21.6 Å². The quantitative estimate of drug-likeness (QED) is 0.615. The number of rotatable bonds is 3. The van der Waals surface area contributed by atoms with Crippen LogP contribution < -0.4 is 0 Å². The van der Waals surface area contributed by atoms with Crippen LogP contribution in [-0.2, 0) is 26.0 Å². The van der Waals surface area contributed by atoms with Gasteiger partial charge in [-0.25, -0.2) is 22.4 Å². The number of hydrogen-bond donors (Lipinski definition) is 1. The molecule has 2 aromatic rings. The van der Waals surface area contributed by atoms with E-state index in [0.717, 1.165) is 3.97 Å². The van der Waals surface area contributed by atoms with Crippen LogP contribution >= 0.6 is 0 Å². The number of hydrogen-bond acceptors (Lipinski definition) is 6. The molecule has 2 aromatic heterocycles. The van der Waals surface area contributed by atoms with Crippen molar-refractivity contribution in [3.63, 3.8) is 0 Å². The third-order valence-electron chi connectivity index (χ3n) is 1.97. The van der Waals surface area contributed by atoms with E-state index in [0.29, 0.717) is 0 Å². The van der Waals surface area contributed by atoms with E-state index in [4.69, 9.17) is 13.0 Å². The van der Waals surface area contributed by atoms with Crippen molar-refractivity contribution in [2.75, 3.05) is 0 Å². The summed E-state index contributed by atoms with van der Waals surface area (Å²) in [6, 6.07) is 0. The molecular formula is C8H9F3N4O5S2. The Kier molecular flexibility index (Phi) is 5.31. The Balaban J connectivity index is 0.000000261. The minimum absolute atomic E-state index is 0.136. The molecule has 0 saturated heterocycles. The van der Waals surface area contributed by atoms with E-state index in [9.17, 15) is 21.6 Å². The van der Waals surface area contributed by atoms with E-state index in [-0.39, 0.29) is 5.88 Å². The van der Waals surface area contributed by atoms with Gasteiger partial charge >= 0.3 is 15.6 Å². The monoisotopic (exact) mass is 362 g/mol. The summed E-state index contributed by atoms with van der Waals surface area (Å²) in [6.45, 7) is 0. The third kappa shape index (κ3) is 5.12. The molecule has 0 aliphatic carbocycles. The average molecular weight is 362 g/mol. The van der Waals surface area contributed by atoms with Gasteiger partial charge in [-0.15, -0.1) is 0 Å². The van der Waals surface area contributed by atoms with Crippen LogP contribution in [0.25, 0.3) is 0 Å². The van der Waals surface area contributed by atoms with Crippen molar-refractivity contribution < 1.29 is 34.6 Å². The van der Waals surface area contributed by atoms with Gasteiger partial charge < -0.3 is 4.57 Å². The first-order valence-corrected chi connectivity index (χ1v) is 8.19. The highest BCUT2D eigenvalue weighted by Crippen LogP contribution is 2.20. The molecule has 0 fully saturated rings. The zero-order valence-electron chi connectivity index (χ0n) is 10.5. The lowest BCUT2D eigenvalue weighted by Gasteiger charge is -2.04. The largest absolute Gasteiger partial charge is 0.522 e. The summed E-state index contributed by atoms with van der Waals surface area (Å²) in [5, 5.41) is 0. The molecule has 1 N–H and O–H groups in total. The van der Waals surface area contributed by atoms with Gasteiger partial charge in [-0.05, 0) is 0 Å². The van der Waals surface area contributed by atoms with Crippen molar-refractivity contribution in [2.45, 2.75) is 11.4 Å². The Hall–Kier alpha value is -1.93. The number of alkyl halides is 3. The van der Waals surface area contributed by atoms with Crippen molar-refractivity contribution in [2.24, 2.45) is 0 Å². The fourth-order valence-electron chi connectivity index (χ4n) is 1.03. The Labute approximate surface area is 122 Å². The van der Waals surface area contributed by atoms with Crippen molar-refractivity contribution in [3.8, 4) is 0 Å².